The van der Waals surface area contributed by atoms with Crippen molar-refractivity contribution in [1.29, 1.82) is 10.5 Å². The third-order valence-electron chi connectivity index (χ3n) is 3.03. The summed E-state index contributed by atoms with van der Waals surface area (Å²) in [5, 5.41) is 25.6. The van der Waals surface area contributed by atoms with Crippen molar-refractivity contribution < 1.29 is 4.42 Å². The van der Waals surface area contributed by atoms with Gasteiger partial charge in [0.05, 0.1) is 11.3 Å². The Balaban J connectivity index is 2.11. The molecule has 0 saturated carbocycles. The summed E-state index contributed by atoms with van der Waals surface area (Å²) in [5.41, 5.74) is 6.97. The number of aromatic amines is 1. The van der Waals surface area contributed by atoms with Gasteiger partial charge in [-0.1, -0.05) is 18.2 Å². The number of allylic oxidation sites excluding steroid dienone is 1. The van der Waals surface area contributed by atoms with Crippen LogP contribution < -0.4 is 5.73 Å². The highest BCUT2D eigenvalue weighted by Gasteiger charge is 2.15. The Morgan fingerprint density at radius 3 is 2.86 bits per heavy atom. The first-order valence-corrected chi connectivity index (χ1v) is 6.07. The van der Waals surface area contributed by atoms with Crippen molar-refractivity contribution >= 4 is 28.4 Å². The van der Waals surface area contributed by atoms with Crippen molar-refractivity contribution in [2.24, 2.45) is 0 Å². The SMILES string of the molecule is N#CC(=Cc1cc2ccccc2o1)c1[nH]nc(N)c1C#N. The fourth-order valence-corrected chi connectivity index (χ4v) is 2.04. The number of nitrogens with two attached hydrogens (primary N) is 1. The van der Waals surface area contributed by atoms with E-state index in [1.807, 2.05) is 42.5 Å². The molecule has 0 spiro atoms. The van der Waals surface area contributed by atoms with Gasteiger partial charge in [0.15, 0.2) is 5.82 Å². The third kappa shape index (κ3) is 2.11. The van der Waals surface area contributed by atoms with Crippen LogP contribution in [-0.4, -0.2) is 10.2 Å². The Hall–Kier alpha value is -3.51. The van der Waals surface area contributed by atoms with E-state index in [1.165, 1.54) is 0 Å². The predicted octanol–water partition coefficient (Wildman–Crippen LogP) is 2.67. The van der Waals surface area contributed by atoms with E-state index in [0.717, 1.165) is 11.0 Å². The Morgan fingerprint density at radius 1 is 1.33 bits per heavy atom. The van der Waals surface area contributed by atoms with E-state index in [4.69, 9.17) is 15.4 Å². The first kappa shape index (κ1) is 12.5. The second-order valence-electron chi connectivity index (χ2n) is 4.33. The van der Waals surface area contributed by atoms with Crippen molar-refractivity contribution in [3.05, 3.63) is 47.3 Å². The molecule has 0 aliphatic carbocycles. The lowest BCUT2D eigenvalue weighted by Crippen LogP contribution is -1.89. The number of fused-ring (bicyclic) bond motifs is 1. The molecule has 100 valence electrons. The molecule has 0 aliphatic heterocycles. The number of hydrogen-bond donors (Lipinski definition) is 2. The molecule has 3 aromatic rings. The smallest absolute Gasteiger partial charge is 0.163 e. The van der Waals surface area contributed by atoms with Gasteiger partial charge in [0, 0.05) is 11.5 Å². The van der Waals surface area contributed by atoms with Crippen LogP contribution in [0.25, 0.3) is 22.6 Å². The van der Waals surface area contributed by atoms with Gasteiger partial charge in [0.25, 0.3) is 0 Å². The van der Waals surface area contributed by atoms with Gasteiger partial charge in [-0.3, -0.25) is 5.10 Å². The fraction of sp³-hybridized carbons (Fsp3) is 0. The highest BCUT2D eigenvalue weighted by Crippen LogP contribution is 2.25. The van der Waals surface area contributed by atoms with E-state index in [0.29, 0.717) is 5.76 Å². The van der Waals surface area contributed by atoms with Crippen molar-refractivity contribution in [3.8, 4) is 12.1 Å². The molecule has 0 bridgehead atoms. The summed E-state index contributed by atoms with van der Waals surface area (Å²) in [4.78, 5) is 0. The lowest BCUT2D eigenvalue weighted by Gasteiger charge is -1.94. The highest BCUT2D eigenvalue weighted by atomic mass is 16.3. The zero-order valence-electron chi connectivity index (χ0n) is 10.8. The Kier molecular flexibility index (Phi) is 2.91. The van der Waals surface area contributed by atoms with Crippen molar-refractivity contribution in [1.82, 2.24) is 10.2 Å². The van der Waals surface area contributed by atoms with Gasteiger partial charge in [0.1, 0.15) is 29.0 Å². The molecule has 0 radical (unpaired) electrons. The summed E-state index contributed by atoms with van der Waals surface area (Å²) < 4.78 is 5.63. The fourth-order valence-electron chi connectivity index (χ4n) is 2.04. The highest BCUT2D eigenvalue weighted by molar-refractivity contribution is 5.92. The van der Waals surface area contributed by atoms with E-state index in [2.05, 4.69) is 10.2 Å². The maximum absolute atomic E-state index is 9.29. The van der Waals surface area contributed by atoms with E-state index in [-0.39, 0.29) is 22.6 Å². The zero-order valence-corrected chi connectivity index (χ0v) is 10.8. The standard InChI is InChI=1S/C15H9N5O/c16-7-10(14-12(8-17)15(18)20-19-14)6-11-5-9-3-1-2-4-13(9)21-11/h1-6H,(H3,18,19,20). The Morgan fingerprint density at radius 2 is 2.14 bits per heavy atom. The lowest BCUT2D eigenvalue weighted by atomic mass is 10.1. The summed E-state index contributed by atoms with van der Waals surface area (Å²) in [6.45, 7) is 0. The summed E-state index contributed by atoms with van der Waals surface area (Å²) in [6, 6.07) is 13.3. The van der Waals surface area contributed by atoms with Crippen LogP contribution in [0.3, 0.4) is 0 Å². The normalized spacial score (nSPS) is 11.2. The third-order valence-corrected chi connectivity index (χ3v) is 3.03. The minimum Gasteiger partial charge on any atom is -0.457 e. The molecule has 3 N–H and O–H groups in total. The van der Waals surface area contributed by atoms with Crippen LogP contribution in [0.2, 0.25) is 0 Å². The topological polar surface area (TPSA) is 115 Å². The number of furan rings is 1. The molecule has 0 aliphatic rings. The van der Waals surface area contributed by atoms with Gasteiger partial charge in [-0.05, 0) is 12.1 Å². The van der Waals surface area contributed by atoms with Crippen LogP contribution in [0.1, 0.15) is 17.0 Å². The van der Waals surface area contributed by atoms with Gasteiger partial charge < -0.3 is 10.2 Å². The van der Waals surface area contributed by atoms with Crippen LogP contribution in [0, 0.1) is 22.7 Å². The molecular formula is C15H9N5O. The van der Waals surface area contributed by atoms with Crippen LogP contribution in [0.5, 0.6) is 0 Å². The van der Waals surface area contributed by atoms with Crippen LogP contribution >= 0.6 is 0 Å². The number of benzene rings is 1. The number of nitrogen functional groups attached to an aromatic ring is 1. The van der Waals surface area contributed by atoms with Gasteiger partial charge in [0.2, 0.25) is 0 Å². The molecule has 3 rings (SSSR count). The molecular weight excluding hydrogens is 266 g/mol. The summed E-state index contributed by atoms with van der Waals surface area (Å²) >= 11 is 0. The van der Waals surface area contributed by atoms with E-state index in [9.17, 15) is 5.26 Å². The number of H-pyrrole nitrogens is 1. The largest absolute Gasteiger partial charge is 0.457 e. The van der Waals surface area contributed by atoms with Crippen LogP contribution in [-0.2, 0) is 0 Å². The number of anilines is 1. The lowest BCUT2D eigenvalue weighted by molar-refractivity contribution is 0.604. The number of nitrogens with one attached hydrogen (secondary N) is 1. The maximum Gasteiger partial charge on any atom is 0.163 e. The van der Waals surface area contributed by atoms with Gasteiger partial charge in [-0.2, -0.15) is 15.6 Å². The van der Waals surface area contributed by atoms with E-state index < -0.39 is 0 Å². The molecule has 0 fully saturated rings. The molecule has 21 heavy (non-hydrogen) atoms. The molecule has 0 amide bonds. The summed E-state index contributed by atoms with van der Waals surface area (Å²) in [5.74, 6) is 0.586. The van der Waals surface area contributed by atoms with Gasteiger partial charge in [-0.15, -0.1) is 0 Å². The maximum atomic E-state index is 9.29. The second kappa shape index (κ2) is 4.87. The average Bonchev–Trinajstić information content (AvgIpc) is 3.07. The zero-order chi connectivity index (χ0) is 14.8. The van der Waals surface area contributed by atoms with E-state index in [1.54, 1.807) is 6.08 Å². The number of rotatable bonds is 2. The summed E-state index contributed by atoms with van der Waals surface area (Å²) in [7, 11) is 0. The Labute approximate surface area is 119 Å². The van der Waals surface area contributed by atoms with Crippen molar-refractivity contribution in [2.45, 2.75) is 0 Å². The van der Waals surface area contributed by atoms with Crippen molar-refractivity contribution in [2.75, 3.05) is 5.73 Å². The number of para-hydroxylation sites is 1. The molecule has 0 unspecified atom stereocenters. The van der Waals surface area contributed by atoms with Gasteiger partial charge >= 0.3 is 0 Å². The molecule has 6 nitrogen and oxygen atoms in total. The molecule has 1 aromatic carbocycles. The number of hydrogen-bond acceptors (Lipinski definition) is 5. The van der Waals surface area contributed by atoms with Crippen LogP contribution in [0.15, 0.2) is 34.7 Å². The summed E-state index contributed by atoms with van der Waals surface area (Å²) in [6.07, 6.45) is 1.55. The first-order chi connectivity index (χ1) is 10.2. The Bertz CT molecular complexity index is 900. The quantitative estimate of drug-likeness (QED) is 0.697. The molecule has 0 saturated heterocycles. The molecule has 6 heteroatoms. The average molecular weight is 275 g/mol. The molecule has 0 atom stereocenters. The molecule has 2 aromatic heterocycles. The second-order valence-corrected chi connectivity index (χ2v) is 4.33. The van der Waals surface area contributed by atoms with Crippen LogP contribution in [0.4, 0.5) is 5.82 Å². The first-order valence-electron chi connectivity index (χ1n) is 6.07. The van der Waals surface area contributed by atoms with E-state index >= 15 is 0 Å². The number of nitriles is 2. The van der Waals surface area contributed by atoms with Gasteiger partial charge in [-0.25, -0.2) is 0 Å². The monoisotopic (exact) mass is 275 g/mol. The minimum absolute atomic E-state index is 0.0678. The molecule has 2 heterocycles. The number of nitrogens with zero attached hydrogens (tertiary/aromatic N) is 3. The number of aromatic nitrogens is 2. The predicted molar refractivity (Wildman–Crippen MR) is 77.4 cm³/mol. The minimum atomic E-state index is 0.0678. The van der Waals surface area contributed by atoms with Crippen molar-refractivity contribution in [3.63, 3.8) is 0 Å².